The quantitative estimate of drug-likeness (QED) is 0.735. The van der Waals surface area contributed by atoms with E-state index in [1.807, 2.05) is 36.4 Å². The summed E-state index contributed by atoms with van der Waals surface area (Å²) in [5.41, 5.74) is 0.855. The predicted molar refractivity (Wildman–Crippen MR) is 109 cm³/mol. The molecule has 1 unspecified atom stereocenters. The molecule has 0 bridgehead atoms. The highest BCUT2D eigenvalue weighted by Gasteiger charge is 2.30. The van der Waals surface area contributed by atoms with Gasteiger partial charge in [0.25, 0.3) is 0 Å². The molecule has 138 valence electrons. The Bertz CT molecular complexity index is 785. The number of hydrogen-bond donors (Lipinski definition) is 0. The van der Waals surface area contributed by atoms with E-state index in [1.165, 1.54) is 24.3 Å². The van der Waals surface area contributed by atoms with Crippen LogP contribution in [0.4, 0.5) is 0 Å². The van der Waals surface area contributed by atoms with Crippen LogP contribution in [0.25, 0.3) is 10.8 Å². The van der Waals surface area contributed by atoms with Crippen LogP contribution in [0, 0.1) is 5.92 Å². The summed E-state index contributed by atoms with van der Waals surface area (Å²) in [6.45, 7) is 2.10. The van der Waals surface area contributed by atoms with Crippen LogP contribution >= 0.6 is 11.8 Å². The Balaban J connectivity index is 1.50. The second kappa shape index (κ2) is 8.01. The number of carbonyl (C=O) groups excluding carboxylic acids is 1. The molecule has 26 heavy (non-hydrogen) atoms. The molecular formula is C22H27NO2S. The van der Waals surface area contributed by atoms with Crippen LogP contribution in [-0.2, 0) is 0 Å². The van der Waals surface area contributed by atoms with E-state index in [9.17, 15) is 4.79 Å². The molecule has 2 aromatic carbocycles. The maximum atomic E-state index is 13.1. The number of Topliss-reactive ketones (excluding diaryl/α,β-unsaturated/α-hetero) is 1. The third-order valence-electron chi connectivity index (χ3n) is 5.86. The fraction of sp³-hybridized carbons (Fsp3) is 0.500. The molecule has 0 aromatic heterocycles. The molecule has 3 nitrogen and oxygen atoms in total. The van der Waals surface area contributed by atoms with Crippen LogP contribution in [0.15, 0.2) is 36.4 Å². The number of carbonyl (C=O) groups is 1. The minimum absolute atomic E-state index is 0.147. The molecule has 1 atom stereocenters. The zero-order chi connectivity index (χ0) is 17.9. The third-order valence-corrected chi connectivity index (χ3v) is 6.91. The van der Waals surface area contributed by atoms with Crippen molar-refractivity contribution in [1.29, 1.82) is 0 Å². The van der Waals surface area contributed by atoms with Gasteiger partial charge in [-0.25, -0.2) is 0 Å². The van der Waals surface area contributed by atoms with Crippen molar-refractivity contribution in [1.82, 2.24) is 4.90 Å². The SMILES string of the molecule is COc1ccc2cc(C(=O)C3CCCN(C4CCSCC4)C3)ccc2c1. The van der Waals surface area contributed by atoms with Crippen molar-refractivity contribution >= 4 is 28.3 Å². The molecule has 4 heteroatoms. The zero-order valence-corrected chi connectivity index (χ0v) is 16.3. The van der Waals surface area contributed by atoms with E-state index in [0.29, 0.717) is 11.8 Å². The lowest BCUT2D eigenvalue weighted by atomic mass is 9.88. The number of hydrogen-bond acceptors (Lipinski definition) is 4. The van der Waals surface area contributed by atoms with Crippen LogP contribution in [0.2, 0.25) is 0 Å². The zero-order valence-electron chi connectivity index (χ0n) is 15.4. The summed E-state index contributed by atoms with van der Waals surface area (Å²) in [4.78, 5) is 15.7. The molecule has 0 aliphatic carbocycles. The molecule has 0 N–H and O–H groups in total. The van der Waals surface area contributed by atoms with Crippen molar-refractivity contribution in [3.05, 3.63) is 42.0 Å². The lowest BCUT2D eigenvalue weighted by molar-refractivity contribution is 0.0741. The molecule has 2 aromatic rings. The van der Waals surface area contributed by atoms with Crippen LogP contribution in [-0.4, -0.2) is 48.4 Å². The fourth-order valence-corrected chi connectivity index (χ4v) is 5.42. The summed E-state index contributed by atoms with van der Waals surface area (Å²) in [5, 5.41) is 2.22. The number of fused-ring (bicyclic) bond motifs is 1. The first-order valence-corrected chi connectivity index (χ1v) is 10.8. The highest BCUT2D eigenvalue weighted by molar-refractivity contribution is 7.99. The van der Waals surface area contributed by atoms with Gasteiger partial charge in [0.05, 0.1) is 7.11 Å². The second-order valence-electron chi connectivity index (χ2n) is 7.47. The van der Waals surface area contributed by atoms with Gasteiger partial charge in [-0.3, -0.25) is 9.69 Å². The minimum Gasteiger partial charge on any atom is -0.497 e. The van der Waals surface area contributed by atoms with Crippen LogP contribution < -0.4 is 4.74 Å². The summed E-state index contributed by atoms with van der Waals surface area (Å²) >= 11 is 2.07. The first-order valence-electron chi connectivity index (χ1n) is 9.68. The van der Waals surface area contributed by atoms with Crippen molar-refractivity contribution < 1.29 is 9.53 Å². The average molecular weight is 370 g/mol. The molecule has 0 saturated carbocycles. The summed E-state index contributed by atoms with van der Waals surface area (Å²) in [6.07, 6.45) is 4.73. The number of ketones is 1. The predicted octanol–water partition coefficient (Wildman–Crippen LogP) is 4.64. The number of benzene rings is 2. The monoisotopic (exact) mass is 369 g/mol. The number of methoxy groups -OCH3 is 1. The Hall–Kier alpha value is -1.52. The number of rotatable bonds is 4. The topological polar surface area (TPSA) is 29.5 Å². The average Bonchev–Trinajstić information content (AvgIpc) is 2.73. The summed E-state index contributed by atoms with van der Waals surface area (Å²) in [7, 11) is 1.68. The Kier molecular flexibility index (Phi) is 5.51. The van der Waals surface area contributed by atoms with Crippen LogP contribution in [0.1, 0.15) is 36.0 Å². The van der Waals surface area contributed by atoms with E-state index in [0.717, 1.165) is 48.0 Å². The van der Waals surface area contributed by atoms with Gasteiger partial charge in [-0.15, -0.1) is 0 Å². The normalized spacial score (nSPS) is 22.4. The maximum Gasteiger partial charge on any atom is 0.167 e. The Morgan fingerprint density at radius 2 is 1.85 bits per heavy atom. The maximum absolute atomic E-state index is 13.1. The lowest BCUT2D eigenvalue weighted by Crippen LogP contribution is -2.46. The standard InChI is InChI=1S/C22H27NO2S/c1-25-21-7-6-16-13-18(5-4-17(16)14-21)22(24)19-3-2-10-23(15-19)20-8-11-26-12-9-20/h4-7,13-14,19-20H,2-3,8-12,15H2,1H3. The molecule has 2 saturated heterocycles. The number of piperidine rings is 1. The van der Waals surface area contributed by atoms with Gasteiger partial charge in [-0.1, -0.05) is 18.2 Å². The van der Waals surface area contributed by atoms with Gasteiger partial charge in [-0.2, -0.15) is 11.8 Å². The van der Waals surface area contributed by atoms with E-state index in [4.69, 9.17) is 4.74 Å². The minimum atomic E-state index is 0.147. The van der Waals surface area contributed by atoms with Gasteiger partial charge < -0.3 is 4.74 Å². The van der Waals surface area contributed by atoms with Crippen molar-refractivity contribution in [3.8, 4) is 5.75 Å². The Labute approximate surface area is 160 Å². The van der Waals surface area contributed by atoms with E-state index in [1.54, 1.807) is 7.11 Å². The van der Waals surface area contributed by atoms with Gasteiger partial charge >= 0.3 is 0 Å². The van der Waals surface area contributed by atoms with Crippen molar-refractivity contribution in [3.63, 3.8) is 0 Å². The van der Waals surface area contributed by atoms with E-state index in [-0.39, 0.29) is 5.92 Å². The van der Waals surface area contributed by atoms with Gasteiger partial charge in [0.1, 0.15) is 5.75 Å². The molecule has 2 fully saturated rings. The number of likely N-dealkylation sites (tertiary alicyclic amines) is 1. The van der Waals surface area contributed by atoms with Gasteiger partial charge in [0.2, 0.25) is 0 Å². The van der Waals surface area contributed by atoms with Gasteiger partial charge in [-0.05, 0) is 72.7 Å². The van der Waals surface area contributed by atoms with Gasteiger partial charge in [0, 0.05) is 24.1 Å². The lowest BCUT2D eigenvalue weighted by Gasteiger charge is -2.39. The number of nitrogens with zero attached hydrogens (tertiary/aromatic N) is 1. The number of thioether (sulfide) groups is 1. The molecule has 2 heterocycles. The number of ether oxygens (including phenoxy) is 1. The molecule has 4 rings (SSSR count). The smallest absolute Gasteiger partial charge is 0.167 e. The third kappa shape index (κ3) is 3.77. The molecular weight excluding hydrogens is 342 g/mol. The van der Waals surface area contributed by atoms with Crippen molar-refractivity contribution in [2.24, 2.45) is 5.92 Å². The van der Waals surface area contributed by atoms with E-state index in [2.05, 4.69) is 16.7 Å². The molecule has 0 amide bonds. The molecule has 0 radical (unpaired) electrons. The fourth-order valence-electron chi connectivity index (χ4n) is 4.34. The Morgan fingerprint density at radius 3 is 2.65 bits per heavy atom. The molecule has 0 spiro atoms. The van der Waals surface area contributed by atoms with Crippen LogP contribution in [0.5, 0.6) is 5.75 Å². The molecule has 2 aliphatic rings. The summed E-state index contributed by atoms with van der Waals surface area (Å²) in [6, 6.07) is 12.8. The molecule has 2 aliphatic heterocycles. The Morgan fingerprint density at radius 1 is 1.08 bits per heavy atom. The van der Waals surface area contributed by atoms with E-state index < -0.39 is 0 Å². The highest BCUT2D eigenvalue weighted by Crippen LogP contribution is 2.29. The van der Waals surface area contributed by atoms with E-state index >= 15 is 0 Å². The van der Waals surface area contributed by atoms with Gasteiger partial charge in [0.15, 0.2) is 5.78 Å². The highest BCUT2D eigenvalue weighted by atomic mass is 32.2. The largest absolute Gasteiger partial charge is 0.497 e. The second-order valence-corrected chi connectivity index (χ2v) is 8.69. The first kappa shape index (κ1) is 17.9. The summed E-state index contributed by atoms with van der Waals surface area (Å²) < 4.78 is 5.29. The van der Waals surface area contributed by atoms with Crippen molar-refractivity contribution in [2.45, 2.75) is 31.7 Å². The summed E-state index contributed by atoms with van der Waals surface area (Å²) in [5.74, 6) is 3.86. The first-order chi connectivity index (χ1) is 12.7. The van der Waals surface area contributed by atoms with Crippen molar-refractivity contribution in [2.75, 3.05) is 31.7 Å². The van der Waals surface area contributed by atoms with Crippen LogP contribution in [0.3, 0.4) is 0 Å².